The van der Waals surface area contributed by atoms with Gasteiger partial charge >= 0.3 is 0 Å². The Kier molecular flexibility index (Phi) is 5.23. The van der Waals surface area contributed by atoms with Crippen LogP contribution in [0.25, 0.3) is 0 Å². The summed E-state index contributed by atoms with van der Waals surface area (Å²) in [6.45, 7) is 1.22. The van der Waals surface area contributed by atoms with E-state index in [2.05, 4.69) is 5.32 Å². The molecule has 1 aliphatic heterocycles. The Balaban J connectivity index is 1.47. The fraction of sp³-hybridized carbons (Fsp3) is 0.529. The summed E-state index contributed by atoms with van der Waals surface area (Å²) in [5.41, 5.74) is 6.92. The third-order valence-corrected chi connectivity index (χ3v) is 5.40. The molecule has 1 aromatic rings. The van der Waals surface area contributed by atoms with Crippen LogP contribution in [-0.4, -0.2) is 36.7 Å². The maximum absolute atomic E-state index is 12.4. The van der Waals surface area contributed by atoms with Crippen LogP contribution in [0.2, 0.25) is 0 Å². The van der Waals surface area contributed by atoms with E-state index in [1.165, 1.54) is 12.8 Å². The van der Waals surface area contributed by atoms with Gasteiger partial charge in [0.15, 0.2) is 0 Å². The molecule has 23 heavy (non-hydrogen) atoms. The van der Waals surface area contributed by atoms with Gasteiger partial charge in [-0.2, -0.15) is 0 Å². The summed E-state index contributed by atoms with van der Waals surface area (Å²) in [4.78, 5) is 27.2. The minimum absolute atomic E-state index is 0.0133. The Morgan fingerprint density at radius 2 is 2.09 bits per heavy atom. The first-order chi connectivity index (χ1) is 11.1. The zero-order chi connectivity index (χ0) is 16.2. The first kappa shape index (κ1) is 16.3. The minimum Gasteiger partial charge on any atom is -0.355 e. The fourth-order valence-electron chi connectivity index (χ4n) is 2.80. The molecule has 2 amide bonds. The minimum atomic E-state index is -0.0888. The number of benzene rings is 1. The molecule has 0 saturated heterocycles. The van der Waals surface area contributed by atoms with E-state index >= 15 is 0 Å². The molecule has 1 atom stereocenters. The Morgan fingerprint density at radius 3 is 2.87 bits per heavy atom. The number of anilines is 1. The molecule has 3 rings (SSSR count). The van der Waals surface area contributed by atoms with E-state index in [-0.39, 0.29) is 30.7 Å². The second-order valence-corrected chi connectivity index (χ2v) is 7.30. The maximum Gasteiger partial charge on any atom is 0.227 e. The molecule has 0 spiro atoms. The van der Waals surface area contributed by atoms with Gasteiger partial charge in [-0.25, -0.2) is 0 Å². The number of rotatable bonds is 6. The third-order valence-electron chi connectivity index (χ3n) is 4.36. The van der Waals surface area contributed by atoms with Crippen LogP contribution in [0.5, 0.6) is 0 Å². The molecule has 1 saturated carbocycles. The summed E-state index contributed by atoms with van der Waals surface area (Å²) in [7, 11) is 0. The van der Waals surface area contributed by atoms with Crippen LogP contribution in [0.4, 0.5) is 5.69 Å². The second-order valence-electron chi connectivity index (χ2n) is 6.17. The van der Waals surface area contributed by atoms with E-state index in [1.807, 2.05) is 24.3 Å². The molecule has 6 heteroatoms. The lowest BCUT2D eigenvalue weighted by atomic mass is 10.2. The van der Waals surface area contributed by atoms with Crippen molar-refractivity contribution in [3.8, 4) is 0 Å². The van der Waals surface area contributed by atoms with E-state index in [0.29, 0.717) is 19.0 Å². The summed E-state index contributed by atoms with van der Waals surface area (Å²) in [6.07, 6.45) is 2.80. The molecule has 1 aliphatic carbocycles. The van der Waals surface area contributed by atoms with Gasteiger partial charge in [0.1, 0.15) is 0 Å². The number of para-hydroxylation sites is 1. The monoisotopic (exact) mass is 333 g/mol. The van der Waals surface area contributed by atoms with Crippen LogP contribution in [0, 0.1) is 5.92 Å². The van der Waals surface area contributed by atoms with Gasteiger partial charge < -0.3 is 16.0 Å². The van der Waals surface area contributed by atoms with Gasteiger partial charge in [-0.3, -0.25) is 9.59 Å². The number of hydrogen-bond acceptors (Lipinski definition) is 4. The van der Waals surface area contributed by atoms with E-state index in [4.69, 9.17) is 5.73 Å². The van der Waals surface area contributed by atoms with Crippen LogP contribution in [0.1, 0.15) is 25.7 Å². The first-order valence-electron chi connectivity index (χ1n) is 8.19. The molecule has 1 aromatic carbocycles. The molecule has 2 aliphatic rings. The van der Waals surface area contributed by atoms with Crippen LogP contribution in [0.15, 0.2) is 29.2 Å². The lowest BCUT2D eigenvalue weighted by Gasteiger charge is -2.29. The van der Waals surface area contributed by atoms with Gasteiger partial charge in [0.25, 0.3) is 0 Å². The van der Waals surface area contributed by atoms with E-state index in [1.54, 1.807) is 16.7 Å². The Morgan fingerprint density at radius 1 is 1.30 bits per heavy atom. The molecule has 1 unspecified atom stereocenters. The largest absolute Gasteiger partial charge is 0.355 e. The highest BCUT2D eigenvalue weighted by atomic mass is 32.2. The molecule has 124 valence electrons. The van der Waals surface area contributed by atoms with E-state index in [9.17, 15) is 9.59 Å². The number of amides is 2. The van der Waals surface area contributed by atoms with Crippen molar-refractivity contribution in [3.63, 3.8) is 0 Å². The van der Waals surface area contributed by atoms with Gasteiger partial charge in [0, 0.05) is 42.6 Å². The summed E-state index contributed by atoms with van der Waals surface area (Å²) in [6, 6.07) is 7.98. The molecule has 1 fully saturated rings. The van der Waals surface area contributed by atoms with Crippen LogP contribution in [-0.2, 0) is 9.59 Å². The number of fused-ring (bicyclic) bond motifs is 1. The maximum atomic E-state index is 12.4. The van der Waals surface area contributed by atoms with Gasteiger partial charge in [0.05, 0.1) is 5.69 Å². The summed E-state index contributed by atoms with van der Waals surface area (Å²) >= 11 is 1.77. The standard InChI is InChI=1S/C17H23N3O2S/c18-13(12-5-6-12)11-19-16(21)7-8-17(22)20-9-10-23-15-4-2-1-3-14(15)20/h1-4,12-13H,5-11,18H2,(H,19,21). The van der Waals surface area contributed by atoms with Crippen molar-refractivity contribution in [2.45, 2.75) is 36.6 Å². The fourth-order valence-corrected chi connectivity index (χ4v) is 3.79. The number of thioether (sulfide) groups is 1. The molecule has 5 nitrogen and oxygen atoms in total. The van der Waals surface area contributed by atoms with Crippen LogP contribution >= 0.6 is 11.8 Å². The van der Waals surface area contributed by atoms with Gasteiger partial charge in [0.2, 0.25) is 11.8 Å². The predicted octanol–water partition coefficient (Wildman–Crippen LogP) is 1.76. The average molecular weight is 333 g/mol. The van der Waals surface area contributed by atoms with Crippen molar-refractivity contribution in [2.75, 3.05) is 23.7 Å². The highest BCUT2D eigenvalue weighted by Gasteiger charge is 2.28. The lowest BCUT2D eigenvalue weighted by molar-refractivity contribution is -0.125. The molecule has 0 aromatic heterocycles. The van der Waals surface area contributed by atoms with Crippen LogP contribution in [0.3, 0.4) is 0 Å². The van der Waals surface area contributed by atoms with Gasteiger partial charge in [-0.1, -0.05) is 12.1 Å². The van der Waals surface area contributed by atoms with Gasteiger partial charge in [-0.15, -0.1) is 11.8 Å². The molecule has 1 heterocycles. The molecule has 0 bridgehead atoms. The van der Waals surface area contributed by atoms with Gasteiger partial charge in [-0.05, 0) is 30.9 Å². The van der Waals surface area contributed by atoms with Crippen molar-refractivity contribution in [3.05, 3.63) is 24.3 Å². The number of carbonyl (C=O) groups is 2. The van der Waals surface area contributed by atoms with E-state index in [0.717, 1.165) is 16.3 Å². The topological polar surface area (TPSA) is 75.4 Å². The van der Waals surface area contributed by atoms with Crippen molar-refractivity contribution in [1.29, 1.82) is 0 Å². The smallest absolute Gasteiger partial charge is 0.227 e. The predicted molar refractivity (Wildman–Crippen MR) is 92.5 cm³/mol. The Bertz CT molecular complexity index is 589. The highest BCUT2D eigenvalue weighted by Crippen LogP contribution is 2.34. The highest BCUT2D eigenvalue weighted by molar-refractivity contribution is 7.99. The number of nitrogens with two attached hydrogens (primary N) is 1. The SMILES string of the molecule is NC(CNC(=O)CCC(=O)N1CCSc2ccccc21)C1CC1. The summed E-state index contributed by atoms with van der Waals surface area (Å²) in [5.74, 6) is 1.39. The zero-order valence-corrected chi connectivity index (χ0v) is 14.0. The summed E-state index contributed by atoms with van der Waals surface area (Å²) < 4.78 is 0. The van der Waals surface area contributed by atoms with Crippen molar-refractivity contribution in [1.82, 2.24) is 5.32 Å². The molecule has 3 N–H and O–H groups in total. The third kappa shape index (κ3) is 4.26. The zero-order valence-electron chi connectivity index (χ0n) is 13.2. The first-order valence-corrected chi connectivity index (χ1v) is 9.18. The number of nitrogens with zero attached hydrogens (tertiary/aromatic N) is 1. The number of carbonyl (C=O) groups excluding carboxylic acids is 2. The lowest BCUT2D eigenvalue weighted by Crippen LogP contribution is -2.39. The molecular formula is C17H23N3O2S. The molecular weight excluding hydrogens is 310 g/mol. The average Bonchev–Trinajstić information content (AvgIpc) is 3.42. The van der Waals surface area contributed by atoms with Crippen molar-refractivity contribution < 1.29 is 9.59 Å². The number of hydrogen-bond donors (Lipinski definition) is 2. The number of nitrogens with one attached hydrogen (secondary N) is 1. The Labute approximate surface area is 141 Å². The summed E-state index contributed by atoms with van der Waals surface area (Å²) in [5, 5.41) is 2.84. The van der Waals surface area contributed by atoms with Crippen molar-refractivity contribution >= 4 is 29.3 Å². The van der Waals surface area contributed by atoms with Crippen LogP contribution < -0.4 is 16.0 Å². The van der Waals surface area contributed by atoms with Crippen molar-refractivity contribution in [2.24, 2.45) is 11.7 Å². The second kappa shape index (κ2) is 7.36. The normalized spacial score (nSPS) is 18.2. The quantitative estimate of drug-likeness (QED) is 0.832. The Hall–Kier alpha value is -1.53. The van der Waals surface area contributed by atoms with E-state index < -0.39 is 0 Å². The molecule has 0 radical (unpaired) electrons.